The Bertz CT molecular complexity index is 631. The van der Waals surface area contributed by atoms with Crippen LogP contribution in [0.3, 0.4) is 0 Å². The molecule has 4 nitrogen and oxygen atoms in total. The Morgan fingerprint density at radius 1 is 1.16 bits per heavy atom. The Kier molecular flexibility index (Phi) is 3.39. The molecule has 0 saturated carbocycles. The topological polar surface area (TPSA) is 67.6 Å². The molecule has 19 heavy (non-hydrogen) atoms. The molecule has 0 fully saturated rings. The van der Waals surface area contributed by atoms with Gasteiger partial charge in [0.25, 0.3) is 0 Å². The predicted octanol–water partition coefficient (Wildman–Crippen LogP) is 2.78. The highest BCUT2D eigenvalue weighted by molar-refractivity contribution is 7.13. The standard InChI is InChI=1S/C14H14N4S/c15-11(10-5-2-1-3-6-10)9-13-16-14(18-17-13)12-7-4-8-19-12/h1-8,11H,9,15H2,(H,16,17,18). The highest BCUT2D eigenvalue weighted by Crippen LogP contribution is 2.21. The lowest BCUT2D eigenvalue weighted by Crippen LogP contribution is -2.14. The van der Waals surface area contributed by atoms with E-state index >= 15 is 0 Å². The maximum atomic E-state index is 6.17. The third kappa shape index (κ3) is 2.72. The Balaban J connectivity index is 1.74. The van der Waals surface area contributed by atoms with Crippen molar-refractivity contribution in [2.45, 2.75) is 12.5 Å². The first-order chi connectivity index (χ1) is 9.33. The Hall–Kier alpha value is -1.98. The normalized spacial score (nSPS) is 12.5. The van der Waals surface area contributed by atoms with Gasteiger partial charge >= 0.3 is 0 Å². The minimum Gasteiger partial charge on any atom is -0.324 e. The fourth-order valence-electron chi connectivity index (χ4n) is 1.93. The molecular formula is C14H14N4S. The van der Waals surface area contributed by atoms with E-state index in [1.54, 1.807) is 11.3 Å². The first kappa shape index (κ1) is 12.1. The van der Waals surface area contributed by atoms with Crippen molar-refractivity contribution < 1.29 is 0 Å². The van der Waals surface area contributed by atoms with Crippen molar-refractivity contribution in [2.24, 2.45) is 5.73 Å². The van der Waals surface area contributed by atoms with Crippen LogP contribution in [0.4, 0.5) is 0 Å². The molecule has 96 valence electrons. The van der Waals surface area contributed by atoms with Gasteiger partial charge in [-0.3, -0.25) is 5.10 Å². The van der Waals surface area contributed by atoms with E-state index < -0.39 is 0 Å². The summed E-state index contributed by atoms with van der Waals surface area (Å²) >= 11 is 1.63. The van der Waals surface area contributed by atoms with E-state index in [-0.39, 0.29) is 6.04 Å². The SMILES string of the molecule is NC(Cc1nc(-c2cccs2)n[nH]1)c1ccccc1. The summed E-state index contributed by atoms with van der Waals surface area (Å²) in [6.07, 6.45) is 0.655. The Labute approximate surface area is 115 Å². The zero-order valence-corrected chi connectivity index (χ0v) is 11.1. The van der Waals surface area contributed by atoms with Gasteiger partial charge in [0.05, 0.1) is 4.88 Å². The van der Waals surface area contributed by atoms with Crippen molar-refractivity contribution in [3.05, 3.63) is 59.2 Å². The molecular weight excluding hydrogens is 256 g/mol. The van der Waals surface area contributed by atoms with Crippen molar-refractivity contribution in [3.63, 3.8) is 0 Å². The van der Waals surface area contributed by atoms with Crippen LogP contribution in [0.5, 0.6) is 0 Å². The van der Waals surface area contributed by atoms with Crippen LogP contribution in [0, 0.1) is 0 Å². The number of thiophene rings is 1. The van der Waals surface area contributed by atoms with Crippen LogP contribution in [-0.2, 0) is 6.42 Å². The van der Waals surface area contributed by atoms with Crippen molar-refractivity contribution in [1.82, 2.24) is 15.2 Å². The summed E-state index contributed by atoms with van der Waals surface area (Å²) in [6, 6.07) is 14.0. The molecule has 0 aliphatic carbocycles. The largest absolute Gasteiger partial charge is 0.324 e. The van der Waals surface area contributed by atoms with E-state index in [0.29, 0.717) is 6.42 Å². The van der Waals surface area contributed by atoms with E-state index in [1.807, 2.05) is 47.8 Å². The smallest absolute Gasteiger partial charge is 0.191 e. The van der Waals surface area contributed by atoms with Crippen LogP contribution >= 0.6 is 11.3 Å². The molecule has 0 aliphatic heterocycles. The molecule has 1 aromatic carbocycles. The van der Waals surface area contributed by atoms with Gasteiger partial charge in [-0.25, -0.2) is 4.98 Å². The molecule has 0 aliphatic rings. The molecule has 3 aromatic rings. The zero-order valence-electron chi connectivity index (χ0n) is 10.3. The molecule has 3 rings (SSSR count). The van der Waals surface area contributed by atoms with Gasteiger partial charge in [-0.2, -0.15) is 5.10 Å². The zero-order chi connectivity index (χ0) is 13.1. The average molecular weight is 270 g/mol. The Morgan fingerprint density at radius 2 is 2.00 bits per heavy atom. The first-order valence-electron chi connectivity index (χ1n) is 6.08. The fourth-order valence-corrected chi connectivity index (χ4v) is 2.59. The number of hydrogen-bond donors (Lipinski definition) is 2. The Morgan fingerprint density at radius 3 is 2.74 bits per heavy atom. The summed E-state index contributed by atoms with van der Waals surface area (Å²) in [4.78, 5) is 5.55. The van der Waals surface area contributed by atoms with Gasteiger partial charge in [0.1, 0.15) is 5.82 Å². The van der Waals surface area contributed by atoms with Crippen LogP contribution < -0.4 is 5.73 Å². The monoisotopic (exact) mass is 270 g/mol. The lowest BCUT2D eigenvalue weighted by Gasteiger charge is -2.09. The van der Waals surface area contributed by atoms with E-state index in [4.69, 9.17) is 5.73 Å². The quantitative estimate of drug-likeness (QED) is 0.766. The van der Waals surface area contributed by atoms with Crippen molar-refractivity contribution in [1.29, 1.82) is 0 Å². The molecule has 2 heterocycles. The van der Waals surface area contributed by atoms with Crippen molar-refractivity contribution >= 4 is 11.3 Å². The number of aromatic amines is 1. The summed E-state index contributed by atoms with van der Waals surface area (Å²) in [6.45, 7) is 0. The molecule has 1 atom stereocenters. The van der Waals surface area contributed by atoms with Crippen LogP contribution in [0.15, 0.2) is 47.8 Å². The number of nitrogens with one attached hydrogen (secondary N) is 1. The molecule has 3 N–H and O–H groups in total. The minimum atomic E-state index is -0.0645. The second-order valence-corrected chi connectivity index (χ2v) is 5.25. The maximum absolute atomic E-state index is 6.17. The average Bonchev–Trinajstić information content (AvgIpc) is 3.10. The van der Waals surface area contributed by atoms with E-state index in [0.717, 1.165) is 22.1 Å². The van der Waals surface area contributed by atoms with E-state index in [1.165, 1.54) is 0 Å². The van der Waals surface area contributed by atoms with E-state index in [2.05, 4.69) is 15.2 Å². The summed E-state index contributed by atoms with van der Waals surface area (Å²) < 4.78 is 0. The fraction of sp³-hybridized carbons (Fsp3) is 0.143. The first-order valence-corrected chi connectivity index (χ1v) is 6.96. The molecule has 0 saturated heterocycles. The van der Waals surface area contributed by atoms with Crippen molar-refractivity contribution in [3.8, 4) is 10.7 Å². The number of aromatic nitrogens is 3. The number of rotatable bonds is 4. The van der Waals surface area contributed by atoms with Gasteiger partial charge in [0.2, 0.25) is 0 Å². The number of H-pyrrole nitrogens is 1. The molecule has 0 radical (unpaired) electrons. The van der Waals surface area contributed by atoms with Crippen LogP contribution in [0.2, 0.25) is 0 Å². The van der Waals surface area contributed by atoms with Crippen LogP contribution in [0.25, 0.3) is 10.7 Å². The summed E-state index contributed by atoms with van der Waals surface area (Å²) in [7, 11) is 0. The van der Waals surface area contributed by atoms with Gasteiger partial charge in [-0.05, 0) is 17.0 Å². The van der Waals surface area contributed by atoms with Gasteiger partial charge in [-0.15, -0.1) is 11.3 Å². The molecule has 2 aromatic heterocycles. The molecule has 0 bridgehead atoms. The van der Waals surface area contributed by atoms with Gasteiger partial charge < -0.3 is 5.73 Å². The molecule has 1 unspecified atom stereocenters. The van der Waals surface area contributed by atoms with Crippen LogP contribution in [-0.4, -0.2) is 15.2 Å². The van der Waals surface area contributed by atoms with Gasteiger partial charge in [-0.1, -0.05) is 36.4 Å². The highest BCUT2D eigenvalue weighted by Gasteiger charge is 2.11. The minimum absolute atomic E-state index is 0.0645. The summed E-state index contributed by atoms with van der Waals surface area (Å²) in [5.74, 6) is 1.56. The maximum Gasteiger partial charge on any atom is 0.191 e. The second-order valence-electron chi connectivity index (χ2n) is 4.30. The number of nitrogens with two attached hydrogens (primary N) is 1. The van der Waals surface area contributed by atoms with Gasteiger partial charge in [0, 0.05) is 12.5 Å². The van der Waals surface area contributed by atoms with Crippen LogP contribution in [0.1, 0.15) is 17.4 Å². The lowest BCUT2D eigenvalue weighted by atomic mass is 10.0. The summed E-state index contributed by atoms with van der Waals surface area (Å²) in [5, 5.41) is 9.20. The van der Waals surface area contributed by atoms with E-state index in [9.17, 15) is 0 Å². The third-order valence-corrected chi connectivity index (χ3v) is 3.78. The molecule has 0 spiro atoms. The molecule has 5 heteroatoms. The predicted molar refractivity (Wildman–Crippen MR) is 76.8 cm³/mol. The van der Waals surface area contributed by atoms with Gasteiger partial charge in [0.15, 0.2) is 5.82 Å². The molecule has 0 amide bonds. The number of nitrogens with zero attached hydrogens (tertiary/aromatic N) is 2. The second kappa shape index (κ2) is 5.34. The highest BCUT2D eigenvalue weighted by atomic mass is 32.1. The summed E-state index contributed by atoms with van der Waals surface area (Å²) in [5.41, 5.74) is 7.28. The number of benzene rings is 1. The van der Waals surface area contributed by atoms with Crippen molar-refractivity contribution in [2.75, 3.05) is 0 Å². The lowest BCUT2D eigenvalue weighted by molar-refractivity contribution is 0.690. The third-order valence-electron chi connectivity index (χ3n) is 2.91. The number of hydrogen-bond acceptors (Lipinski definition) is 4.